The van der Waals surface area contributed by atoms with Gasteiger partial charge in [0.1, 0.15) is 23.1 Å². The summed E-state index contributed by atoms with van der Waals surface area (Å²) >= 11 is 0. The number of hydrogen-bond acceptors (Lipinski definition) is 5. The molecule has 140 valence electrons. The average molecular weight is 366 g/mol. The van der Waals surface area contributed by atoms with Crippen molar-refractivity contribution < 1.29 is 19.2 Å². The maximum atomic E-state index is 13.1. The van der Waals surface area contributed by atoms with E-state index in [0.29, 0.717) is 23.6 Å². The van der Waals surface area contributed by atoms with E-state index < -0.39 is 6.10 Å². The maximum Gasteiger partial charge on any atom is 0.259 e. The van der Waals surface area contributed by atoms with Gasteiger partial charge in [-0.3, -0.25) is 4.79 Å². The van der Waals surface area contributed by atoms with Crippen LogP contribution in [0.2, 0.25) is 0 Å². The largest absolute Gasteiger partial charge is 0.497 e. The Balaban J connectivity index is 1.96. The van der Waals surface area contributed by atoms with Crippen LogP contribution in [0.25, 0.3) is 11.3 Å². The van der Waals surface area contributed by atoms with E-state index in [1.165, 1.54) is 0 Å². The molecule has 0 aliphatic heterocycles. The zero-order valence-electron chi connectivity index (χ0n) is 15.5. The smallest absolute Gasteiger partial charge is 0.259 e. The van der Waals surface area contributed by atoms with Crippen molar-refractivity contribution in [2.24, 2.45) is 0 Å². The first kappa shape index (κ1) is 18.7. The van der Waals surface area contributed by atoms with Crippen molar-refractivity contribution >= 4 is 5.91 Å². The molecule has 6 nitrogen and oxygen atoms in total. The fourth-order valence-corrected chi connectivity index (χ4v) is 2.86. The molecule has 0 saturated heterocycles. The Kier molecular flexibility index (Phi) is 5.57. The Morgan fingerprint density at radius 2 is 1.85 bits per heavy atom. The second-order valence-corrected chi connectivity index (χ2v) is 6.32. The van der Waals surface area contributed by atoms with E-state index in [1.807, 2.05) is 30.3 Å². The van der Waals surface area contributed by atoms with Crippen LogP contribution >= 0.6 is 0 Å². The molecule has 6 heteroatoms. The van der Waals surface area contributed by atoms with Gasteiger partial charge in [0, 0.05) is 19.2 Å². The van der Waals surface area contributed by atoms with Gasteiger partial charge in [-0.2, -0.15) is 0 Å². The number of aliphatic hydroxyl groups excluding tert-OH is 1. The molecule has 1 heterocycles. The number of nitrogens with zero attached hydrogens (tertiary/aromatic N) is 2. The number of carbonyl (C=O) groups is 1. The third-order valence-corrected chi connectivity index (χ3v) is 4.28. The number of amides is 1. The highest BCUT2D eigenvalue weighted by Gasteiger charge is 2.28. The number of rotatable bonds is 6. The van der Waals surface area contributed by atoms with Crippen LogP contribution in [0.15, 0.2) is 59.1 Å². The highest BCUT2D eigenvalue weighted by atomic mass is 16.5. The van der Waals surface area contributed by atoms with Crippen LogP contribution in [0.1, 0.15) is 34.7 Å². The van der Waals surface area contributed by atoms with E-state index >= 15 is 0 Å². The van der Waals surface area contributed by atoms with E-state index in [0.717, 1.165) is 5.56 Å². The molecule has 0 spiro atoms. The zero-order valence-corrected chi connectivity index (χ0v) is 15.5. The molecule has 1 amide bonds. The zero-order chi connectivity index (χ0) is 19.4. The molecule has 0 radical (unpaired) electrons. The van der Waals surface area contributed by atoms with Crippen molar-refractivity contribution in [1.29, 1.82) is 0 Å². The molecule has 3 aromatic rings. The van der Waals surface area contributed by atoms with Crippen LogP contribution in [-0.2, 0) is 6.54 Å². The highest BCUT2D eigenvalue weighted by molar-refractivity contribution is 6.00. The third kappa shape index (κ3) is 4.01. The predicted molar refractivity (Wildman–Crippen MR) is 101 cm³/mol. The standard InChI is InChI=1S/C21H22N2O4/c1-14(24)20-18(21(25)23(2)13-15-7-5-4-6-8-15)19(22-27-20)16-9-11-17(26-3)12-10-16/h4-12,14,24H,13H2,1-3H3. The topological polar surface area (TPSA) is 75.8 Å². The highest BCUT2D eigenvalue weighted by Crippen LogP contribution is 2.31. The lowest BCUT2D eigenvalue weighted by molar-refractivity contribution is 0.0773. The third-order valence-electron chi connectivity index (χ3n) is 4.28. The van der Waals surface area contributed by atoms with Crippen molar-refractivity contribution in [3.8, 4) is 17.0 Å². The van der Waals surface area contributed by atoms with Crippen molar-refractivity contribution in [2.75, 3.05) is 14.2 Å². The summed E-state index contributed by atoms with van der Waals surface area (Å²) < 4.78 is 10.5. The lowest BCUT2D eigenvalue weighted by Gasteiger charge is -2.18. The Morgan fingerprint density at radius 3 is 2.44 bits per heavy atom. The van der Waals surface area contributed by atoms with Gasteiger partial charge >= 0.3 is 0 Å². The summed E-state index contributed by atoms with van der Waals surface area (Å²) in [7, 11) is 3.30. The van der Waals surface area contributed by atoms with Crippen molar-refractivity contribution in [3.05, 3.63) is 71.5 Å². The van der Waals surface area contributed by atoms with Gasteiger partial charge in [0.25, 0.3) is 5.91 Å². The molecule has 1 unspecified atom stereocenters. The number of benzene rings is 2. The van der Waals surface area contributed by atoms with Crippen molar-refractivity contribution in [3.63, 3.8) is 0 Å². The van der Waals surface area contributed by atoms with Crippen molar-refractivity contribution in [1.82, 2.24) is 10.1 Å². The summed E-state index contributed by atoms with van der Waals surface area (Å²) in [5.74, 6) is 0.597. The summed E-state index contributed by atoms with van der Waals surface area (Å²) in [6, 6.07) is 16.9. The van der Waals surface area contributed by atoms with Gasteiger partial charge in [0.15, 0.2) is 5.76 Å². The second-order valence-electron chi connectivity index (χ2n) is 6.32. The minimum atomic E-state index is -0.950. The van der Waals surface area contributed by atoms with E-state index in [4.69, 9.17) is 9.26 Å². The molecular weight excluding hydrogens is 344 g/mol. The molecule has 1 N–H and O–H groups in total. The molecule has 3 rings (SSSR count). The first-order valence-corrected chi connectivity index (χ1v) is 8.62. The van der Waals surface area contributed by atoms with E-state index in [2.05, 4.69) is 5.16 Å². The maximum absolute atomic E-state index is 13.1. The Hall–Kier alpha value is -3.12. The summed E-state index contributed by atoms with van der Waals surface area (Å²) in [4.78, 5) is 14.7. The van der Waals surface area contributed by atoms with Crippen LogP contribution in [0.3, 0.4) is 0 Å². The van der Waals surface area contributed by atoms with Crippen LogP contribution in [-0.4, -0.2) is 35.2 Å². The van der Waals surface area contributed by atoms with E-state index in [-0.39, 0.29) is 17.2 Å². The van der Waals surface area contributed by atoms with Gasteiger partial charge in [0.2, 0.25) is 0 Å². The molecule has 2 aromatic carbocycles. The fraction of sp³-hybridized carbons (Fsp3) is 0.238. The Labute approximate surface area is 158 Å². The Morgan fingerprint density at radius 1 is 1.19 bits per heavy atom. The molecule has 0 saturated carbocycles. The van der Waals surface area contributed by atoms with Gasteiger partial charge in [-0.1, -0.05) is 35.5 Å². The minimum Gasteiger partial charge on any atom is -0.497 e. The van der Waals surface area contributed by atoms with Gasteiger partial charge in [-0.25, -0.2) is 0 Å². The second kappa shape index (κ2) is 8.05. The summed E-state index contributed by atoms with van der Waals surface area (Å²) in [6.07, 6.45) is -0.950. The quantitative estimate of drug-likeness (QED) is 0.720. The summed E-state index contributed by atoms with van der Waals surface area (Å²) in [5, 5.41) is 14.1. The lowest BCUT2D eigenvalue weighted by atomic mass is 10.0. The predicted octanol–water partition coefficient (Wildman–Crippen LogP) is 3.68. The number of methoxy groups -OCH3 is 1. The number of aliphatic hydroxyl groups is 1. The van der Waals surface area contributed by atoms with Gasteiger partial charge in [0.05, 0.1) is 7.11 Å². The van der Waals surface area contributed by atoms with E-state index in [1.54, 1.807) is 50.2 Å². The fourth-order valence-electron chi connectivity index (χ4n) is 2.86. The monoisotopic (exact) mass is 366 g/mol. The van der Waals surface area contributed by atoms with Gasteiger partial charge < -0.3 is 19.3 Å². The Bertz CT molecular complexity index is 902. The summed E-state index contributed by atoms with van der Waals surface area (Å²) in [5.41, 5.74) is 2.39. The van der Waals surface area contributed by atoms with E-state index in [9.17, 15) is 9.90 Å². The number of carbonyl (C=O) groups excluding carboxylic acids is 1. The van der Waals surface area contributed by atoms with Gasteiger partial charge in [-0.15, -0.1) is 0 Å². The van der Waals surface area contributed by atoms with Gasteiger partial charge in [-0.05, 0) is 36.8 Å². The van der Waals surface area contributed by atoms with Crippen LogP contribution in [0.4, 0.5) is 0 Å². The van der Waals surface area contributed by atoms with Crippen molar-refractivity contribution in [2.45, 2.75) is 19.6 Å². The molecule has 0 bridgehead atoms. The SMILES string of the molecule is COc1ccc(-c2noc(C(C)O)c2C(=O)N(C)Cc2ccccc2)cc1. The average Bonchev–Trinajstić information content (AvgIpc) is 3.13. The van der Waals surface area contributed by atoms with Crippen LogP contribution in [0, 0.1) is 0 Å². The number of aromatic nitrogens is 1. The summed E-state index contributed by atoms with van der Waals surface area (Å²) in [6.45, 7) is 1.98. The minimum absolute atomic E-state index is 0.158. The van der Waals surface area contributed by atoms with Crippen LogP contribution in [0.5, 0.6) is 5.75 Å². The van der Waals surface area contributed by atoms with Crippen LogP contribution < -0.4 is 4.74 Å². The normalized spacial score (nSPS) is 11.9. The lowest BCUT2D eigenvalue weighted by Crippen LogP contribution is -2.27. The molecule has 0 aliphatic rings. The molecule has 0 fully saturated rings. The molecule has 1 aromatic heterocycles. The first-order valence-electron chi connectivity index (χ1n) is 8.62. The molecule has 0 aliphatic carbocycles. The molecule has 27 heavy (non-hydrogen) atoms. The number of ether oxygens (including phenoxy) is 1. The molecule has 1 atom stereocenters. The number of hydrogen-bond donors (Lipinski definition) is 1. The molecular formula is C21H22N2O4. The first-order chi connectivity index (χ1) is 13.0.